The molecule has 6 heteroatoms. The Labute approximate surface area is 139 Å². The van der Waals surface area contributed by atoms with Crippen LogP contribution in [0.4, 0.5) is 0 Å². The zero-order valence-electron chi connectivity index (χ0n) is 13.6. The van der Waals surface area contributed by atoms with Gasteiger partial charge < -0.3 is 0 Å². The number of rotatable bonds is 6. The van der Waals surface area contributed by atoms with Gasteiger partial charge in [0.25, 0.3) is 10.2 Å². The van der Waals surface area contributed by atoms with Crippen LogP contribution in [0.3, 0.4) is 0 Å². The average molecular weight is 333 g/mol. The number of hydrogen-bond donors (Lipinski definition) is 0. The topological polar surface area (TPSA) is 64.4 Å². The molecule has 0 N–H and O–H groups in total. The summed E-state index contributed by atoms with van der Waals surface area (Å²) in [7, 11) is -1.99. The van der Waals surface area contributed by atoms with Gasteiger partial charge in [-0.15, -0.1) is 0 Å². The van der Waals surface area contributed by atoms with Crippen LogP contribution in [0.1, 0.15) is 25.3 Å². The van der Waals surface area contributed by atoms with Crippen molar-refractivity contribution in [3.63, 3.8) is 0 Å². The Morgan fingerprint density at radius 1 is 1.43 bits per heavy atom. The fraction of sp³-hybridized carbons (Fsp3) is 0.471. The first kappa shape index (κ1) is 17.7. The molecule has 2 unspecified atom stereocenters. The second-order valence-electron chi connectivity index (χ2n) is 5.91. The summed E-state index contributed by atoms with van der Waals surface area (Å²) in [5.41, 5.74) is 1.06. The van der Waals surface area contributed by atoms with Gasteiger partial charge in [0, 0.05) is 26.2 Å². The lowest BCUT2D eigenvalue weighted by molar-refractivity contribution is 0.359. The SMILES string of the molecule is CC(C#N)CN(C)S(=O)(=O)N1CCCC1/C=C/c1ccccc1. The molecule has 1 aromatic carbocycles. The molecule has 2 atom stereocenters. The van der Waals surface area contributed by atoms with Crippen molar-refractivity contribution in [1.29, 1.82) is 5.26 Å². The second-order valence-corrected chi connectivity index (χ2v) is 7.90. The molecule has 2 rings (SSSR count). The van der Waals surface area contributed by atoms with Gasteiger partial charge in [0.05, 0.1) is 12.0 Å². The molecule has 5 nitrogen and oxygen atoms in total. The number of nitriles is 1. The van der Waals surface area contributed by atoms with Gasteiger partial charge in [-0.3, -0.25) is 0 Å². The summed E-state index contributed by atoms with van der Waals surface area (Å²) in [6.45, 7) is 2.46. The van der Waals surface area contributed by atoms with Crippen LogP contribution in [0.5, 0.6) is 0 Å². The van der Waals surface area contributed by atoms with E-state index >= 15 is 0 Å². The molecule has 0 aromatic heterocycles. The molecule has 0 spiro atoms. The van der Waals surface area contributed by atoms with Crippen LogP contribution in [0, 0.1) is 17.2 Å². The fourth-order valence-electron chi connectivity index (χ4n) is 2.73. The third-order valence-electron chi connectivity index (χ3n) is 4.00. The van der Waals surface area contributed by atoms with Gasteiger partial charge in [-0.25, -0.2) is 0 Å². The first-order chi connectivity index (χ1) is 10.9. The van der Waals surface area contributed by atoms with Crippen LogP contribution in [-0.4, -0.2) is 43.2 Å². The summed E-state index contributed by atoms with van der Waals surface area (Å²) in [4.78, 5) is 0. The Hall–Kier alpha value is -1.68. The minimum absolute atomic E-state index is 0.125. The van der Waals surface area contributed by atoms with E-state index < -0.39 is 10.2 Å². The quantitative estimate of drug-likeness (QED) is 0.803. The molecule has 124 valence electrons. The maximum absolute atomic E-state index is 12.7. The van der Waals surface area contributed by atoms with Crippen molar-refractivity contribution in [3.05, 3.63) is 42.0 Å². The summed E-state index contributed by atoms with van der Waals surface area (Å²) in [5, 5.41) is 8.88. The van der Waals surface area contributed by atoms with Crippen LogP contribution in [0.25, 0.3) is 6.08 Å². The van der Waals surface area contributed by atoms with E-state index in [1.807, 2.05) is 42.5 Å². The normalized spacial score (nSPS) is 20.9. The Morgan fingerprint density at radius 3 is 2.78 bits per heavy atom. The van der Waals surface area contributed by atoms with E-state index in [0.29, 0.717) is 6.54 Å². The molecule has 1 saturated heterocycles. The van der Waals surface area contributed by atoms with Crippen molar-refractivity contribution in [3.8, 4) is 6.07 Å². The molecular weight excluding hydrogens is 310 g/mol. The maximum atomic E-state index is 12.7. The van der Waals surface area contributed by atoms with Gasteiger partial charge >= 0.3 is 0 Å². The highest BCUT2D eigenvalue weighted by molar-refractivity contribution is 7.86. The Morgan fingerprint density at radius 2 is 2.13 bits per heavy atom. The summed E-state index contributed by atoms with van der Waals surface area (Å²) in [6, 6.07) is 11.8. The molecule has 0 aliphatic carbocycles. The van der Waals surface area contributed by atoms with Gasteiger partial charge in [-0.2, -0.15) is 22.3 Å². The van der Waals surface area contributed by atoms with Crippen LogP contribution in [0.15, 0.2) is 36.4 Å². The standard InChI is InChI=1S/C17H23N3O2S/c1-15(13-18)14-19(2)23(21,22)20-12-6-9-17(20)11-10-16-7-4-3-5-8-16/h3-5,7-8,10-11,15,17H,6,9,12,14H2,1-2H3/b11-10+. The fourth-order valence-corrected chi connectivity index (χ4v) is 4.38. The van der Waals surface area contributed by atoms with E-state index in [-0.39, 0.29) is 18.5 Å². The minimum atomic E-state index is -3.53. The van der Waals surface area contributed by atoms with Crippen LogP contribution in [-0.2, 0) is 10.2 Å². The molecular formula is C17H23N3O2S. The van der Waals surface area contributed by atoms with Gasteiger partial charge in [0.1, 0.15) is 0 Å². The smallest absolute Gasteiger partial charge is 0.198 e. The first-order valence-electron chi connectivity index (χ1n) is 7.81. The molecule has 0 amide bonds. The van der Waals surface area contributed by atoms with Crippen LogP contribution >= 0.6 is 0 Å². The number of hydrogen-bond acceptors (Lipinski definition) is 3. The van der Waals surface area contributed by atoms with Crippen molar-refractivity contribution in [2.45, 2.75) is 25.8 Å². The molecule has 0 bridgehead atoms. The zero-order chi connectivity index (χ0) is 16.9. The Bertz CT molecular complexity index is 680. The molecule has 1 aromatic rings. The third-order valence-corrected chi connectivity index (χ3v) is 5.98. The lowest BCUT2D eigenvalue weighted by Crippen LogP contribution is -2.45. The average Bonchev–Trinajstić information content (AvgIpc) is 3.03. The van der Waals surface area contributed by atoms with Gasteiger partial charge in [0.15, 0.2) is 0 Å². The highest BCUT2D eigenvalue weighted by Gasteiger charge is 2.35. The maximum Gasteiger partial charge on any atom is 0.282 e. The predicted molar refractivity (Wildman–Crippen MR) is 91.5 cm³/mol. The molecule has 0 saturated carbocycles. The highest BCUT2D eigenvalue weighted by Crippen LogP contribution is 2.24. The van der Waals surface area contributed by atoms with E-state index in [1.54, 1.807) is 14.0 Å². The van der Waals surface area contributed by atoms with Gasteiger partial charge in [0.2, 0.25) is 0 Å². The van der Waals surface area contributed by atoms with Gasteiger partial charge in [-0.05, 0) is 25.3 Å². The van der Waals surface area contributed by atoms with E-state index in [9.17, 15) is 8.42 Å². The summed E-state index contributed by atoms with van der Waals surface area (Å²) in [5.74, 6) is -0.323. The Kier molecular flexibility index (Phi) is 5.94. The second kappa shape index (κ2) is 7.73. The minimum Gasteiger partial charge on any atom is -0.198 e. The lowest BCUT2D eigenvalue weighted by Gasteiger charge is -2.28. The van der Waals surface area contributed by atoms with Crippen molar-refractivity contribution >= 4 is 16.3 Å². The van der Waals surface area contributed by atoms with E-state index in [4.69, 9.17) is 5.26 Å². The number of benzene rings is 1. The molecule has 23 heavy (non-hydrogen) atoms. The molecule has 1 heterocycles. The van der Waals surface area contributed by atoms with Crippen molar-refractivity contribution in [2.75, 3.05) is 20.1 Å². The molecule has 1 aliphatic heterocycles. The van der Waals surface area contributed by atoms with Crippen LogP contribution < -0.4 is 0 Å². The summed E-state index contributed by atoms with van der Waals surface area (Å²) < 4.78 is 28.3. The van der Waals surface area contributed by atoms with E-state index in [2.05, 4.69) is 6.07 Å². The Balaban J connectivity index is 2.11. The summed E-state index contributed by atoms with van der Waals surface area (Å²) >= 11 is 0. The van der Waals surface area contributed by atoms with Crippen molar-refractivity contribution in [1.82, 2.24) is 8.61 Å². The van der Waals surface area contributed by atoms with Gasteiger partial charge in [-0.1, -0.05) is 42.5 Å². The lowest BCUT2D eigenvalue weighted by atomic mass is 10.1. The molecule has 1 aliphatic rings. The highest BCUT2D eigenvalue weighted by atomic mass is 32.2. The predicted octanol–water partition coefficient (Wildman–Crippen LogP) is 2.50. The monoisotopic (exact) mass is 333 g/mol. The van der Waals surface area contributed by atoms with Crippen LogP contribution in [0.2, 0.25) is 0 Å². The zero-order valence-corrected chi connectivity index (χ0v) is 14.4. The number of nitrogens with zero attached hydrogens (tertiary/aromatic N) is 3. The molecule has 1 fully saturated rings. The third kappa shape index (κ3) is 4.41. The van der Waals surface area contributed by atoms with Crippen molar-refractivity contribution in [2.24, 2.45) is 5.92 Å². The van der Waals surface area contributed by atoms with E-state index in [0.717, 1.165) is 18.4 Å². The molecule has 0 radical (unpaired) electrons. The largest absolute Gasteiger partial charge is 0.282 e. The first-order valence-corrected chi connectivity index (χ1v) is 9.21. The van der Waals surface area contributed by atoms with Crippen molar-refractivity contribution < 1.29 is 8.42 Å². The summed E-state index contributed by atoms with van der Waals surface area (Å²) in [6.07, 6.45) is 5.60. The van der Waals surface area contributed by atoms with E-state index in [1.165, 1.54) is 8.61 Å².